The molecule has 2 heterocycles. The molecule has 0 aliphatic heterocycles. The predicted octanol–water partition coefficient (Wildman–Crippen LogP) is 3.91. The van der Waals surface area contributed by atoms with Crippen molar-refractivity contribution in [2.45, 2.75) is 32.0 Å². The topological polar surface area (TPSA) is 77.6 Å². The standard InChI is InChI=1S/C24H26N6OS/c1-3-29-23(20-7-4-6-18(2)16-20)27-28-24(29)32-17-22(31)25-14-12-19-8-10-21(11-9-19)30-15-5-13-26-30/h4-11,13,15-16H,3,12,14,17H2,1-2H3,(H,25,31). The first-order valence-corrected chi connectivity index (χ1v) is 11.6. The van der Waals surface area contributed by atoms with Crippen LogP contribution in [-0.4, -0.2) is 42.7 Å². The minimum absolute atomic E-state index is 0.00841. The van der Waals surface area contributed by atoms with Gasteiger partial charge in [0.15, 0.2) is 11.0 Å². The zero-order chi connectivity index (χ0) is 22.3. The van der Waals surface area contributed by atoms with Crippen LogP contribution in [0.25, 0.3) is 17.1 Å². The molecule has 0 spiro atoms. The number of nitrogens with one attached hydrogen (secondary N) is 1. The van der Waals surface area contributed by atoms with E-state index in [1.165, 1.54) is 22.9 Å². The third-order valence-electron chi connectivity index (χ3n) is 5.08. The minimum atomic E-state index is -0.00841. The summed E-state index contributed by atoms with van der Waals surface area (Å²) in [5, 5.41) is 16.6. The van der Waals surface area contributed by atoms with E-state index in [1.54, 1.807) is 6.20 Å². The third kappa shape index (κ3) is 5.26. The first-order valence-electron chi connectivity index (χ1n) is 10.6. The molecule has 8 heteroatoms. The Hall–Kier alpha value is -3.39. The lowest BCUT2D eigenvalue weighted by Crippen LogP contribution is -2.27. The zero-order valence-corrected chi connectivity index (χ0v) is 19.0. The molecule has 4 rings (SSSR count). The van der Waals surface area contributed by atoms with Crippen LogP contribution >= 0.6 is 11.8 Å². The van der Waals surface area contributed by atoms with Crippen molar-refractivity contribution in [2.24, 2.45) is 0 Å². The molecule has 0 fully saturated rings. The maximum atomic E-state index is 12.3. The van der Waals surface area contributed by atoms with Crippen molar-refractivity contribution in [3.63, 3.8) is 0 Å². The van der Waals surface area contributed by atoms with Crippen molar-refractivity contribution >= 4 is 17.7 Å². The fourth-order valence-corrected chi connectivity index (χ4v) is 4.27. The summed E-state index contributed by atoms with van der Waals surface area (Å²) in [7, 11) is 0. The van der Waals surface area contributed by atoms with Crippen molar-refractivity contribution in [2.75, 3.05) is 12.3 Å². The van der Waals surface area contributed by atoms with Gasteiger partial charge in [-0.15, -0.1) is 10.2 Å². The number of thioether (sulfide) groups is 1. The van der Waals surface area contributed by atoms with Crippen LogP contribution in [-0.2, 0) is 17.8 Å². The van der Waals surface area contributed by atoms with E-state index in [0.29, 0.717) is 12.3 Å². The molecular weight excluding hydrogens is 420 g/mol. The van der Waals surface area contributed by atoms with Gasteiger partial charge in [-0.1, -0.05) is 47.7 Å². The summed E-state index contributed by atoms with van der Waals surface area (Å²) in [5.41, 5.74) is 4.40. The molecule has 2 aromatic carbocycles. The van der Waals surface area contributed by atoms with Crippen molar-refractivity contribution in [1.82, 2.24) is 29.9 Å². The highest BCUT2D eigenvalue weighted by atomic mass is 32.2. The smallest absolute Gasteiger partial charge is 0.230 e. The molecule has 0 saturated heterocycles. The Bertz CT molecular complexity index is 1170. The molecule has 0 aliphatic carbocycles. The lowest BCUT2D eigenvalue weighted by atomic mass is 10.1. The average Bonchev–Trinajstić information content (AvgIpc) is 3.48. The van der Waals surface area contributed by atoms with E-state index in [9.17, 15) is 4.79 Å². The molecule has 164 valence electrons. The highest BCUT2D eigenvalue weighted by molar-refractivity contribution is 7.99. The molecule has 7 nitrogen and oxygen atoms in total. The molecule has 1 N–H and O–H groups in total. The zero-order valence-electron chi connectivity index (χ0n) is 18.2. The number of hydrogen-bond acceptors (Lipinski definition) is 5. The number of carbonyl (C=O) groups is 1. The van der Waals surface area contributed by atoms with Gasteiger partial charge >= 0.3 is 0 Å². The number of nitrogens with zero attached hydrogens (tertiary/aromatic N) is 5. The lowest BCUT2D eigenvalue weighted by molar-refractivity contribution is -0.118. The number of hydrogen-bond donors (Lipinski definition) is 1. The number of amides is 1. The molecule has 0 aliphatic rings. The summed E-state index contributed by atoms with van der Waals surface area (Å²) < 4.78 is 3.87. The van der Waals surface area contributed by atoms with Gasteiger partial charge in [0.1, 0.15) is 0 Å². The van der Waals surface area contributed by atoms with Crippen LogP contribution in [0.2, 0.25) is 0 Å². The van der Waals surface area contributed by atoms with E-state index in [4.69, 9.17) is 0 Å². The van der Waals surface area contributed by atoms with Crippen LogP contribution in [0.1, 0.15) is 18.1 Å². The van der Waals surface area contributed by atoms with E-state index in [-0.39, 0.29) is 5.91 Å². The number of rotatable bonds is 9. The Morgan fingerprint density at radius 2 is 1.94 bits per heavy atom. The second kappa shape index (κ2) is 10.3. The van der Waals surface area contributed by atoms with Crippen molar-refractivity contribution < 1.29 is 4.79 Å². The molecule has 0 radical (unpaired) electrons. The second-order valence-electron chi connectivity index (χ2n) is 7.43. The molecule has 4 aromatic rings. The van der Waals surface area contributed by atoms with Crippen LogP contribution < -0.4 is 5.32 Å². The number of aryl methyl sites for hydroxylation is 1. The van der Waals surface area contributed by atoms with Crippen LogP contribution in [0.5, 0.6) is 0 Å². The summed E-state index contributed by atoms with van der Waals surface area (Å²) in [5.74, 6) is 1.13. The van der Waals surface area contributed by atoms with Crippen LogP contribution in [0, 0.1) is 6.92 Å². The fraction of sp³-hybridized carbons (Fsp3) is 0.250. The largest absolute Gasteiger partial charge is 0.355 e. The quantitative estimate of drug-likeness (QED) is 0.395. The van der Waals surface area contributed by atoms with Crippen molar-refractivity contribution in [1.29, 1.82) is 0 Å². The number of benzene rings is 2. The van der Waals surface area contributed by atoms with Gasteiger partial charge in [0.25, 0.3) is 0 Å². The van der Waals surface area contributed by atoms with E-state index in [1.807, 2.05) is 45.8 Å². The Morgan fingerprint density at radius 1 is 1.09 bits per heavy atom. The Kier molecular flexibility index (Phi) is 7.01. The average molecular weight is 447 g/mol. The monoisotopic (exact) mass is 446 g/mol. The molecule has 0 atom stereocenters. The van der Waals surface area contributed by atoms with Gasteiger partial charge in [0.2, 0.25) is 5.91 Å². The van der Waals surface area contributed by atoms with E-state index < -0.39 is 0 Å². The van der Waals surface area contributed by atoms with Gasteiger partial charge in [-0.25, -0.2) is 4.68 Å². The molecule has 0 saturated carbocycles. The first kappa shape index (κ1) is 21.8. The van der Waals surface area contributed by atoms with E-state index in [0.717, 1.165) is 35.2 Å². The number of carbonyl (C=O) groups excluding carboxylic acids is 1. The molecule has 1 amide bonds. The molecule has 2 aromatic heterocycles. The van der Waals surface area contributed by atoms with Gasteiger partial charge in [0, 0.05) is 31.0 Å². The molecule has 0 bridgehead atoms. The van der Waals surface area contributed by atoms with Gasteiger partial charge in [0.05, 0.1) is 11.4 Å². The van der Waals surface area contributed by atoms with Gasteiger partial charge < -0.3 is 9.88 Å². The molecule has 32 heavy (non-hydrogen) atoms. The summed E-state index contributed by atoms with van der Waals surface area (Å²) in [4.78, 5) is 12.3. The third-order valence-corrected chi connectivity index (χ3v) is 6.05. The lowest BCUT2D eigenvalue weighted by Gasteiger charge is -2.08. The first-order chi connectivity index (χ1) is 15.6. The van der Waals surface area contributed by atoms with Crippen LogP contribution in [0.15, 0.2) is 72.1 Å². The maximum absolute atomic E-state index is 12.3. The summed E-state index contributed by atoms with van der Waals surface area (Å²) in [6.45, 7) is 5.46. The van der Waals surface area contributed by atoms with Gasteiger partial charge in [-0.05, 0) is 50.1 Å². The van der Waals surface area contributed by atoms with E-state index >= 15 is 0 Å². The number of aromatic nitrogens is 5. The fourth-order valence-electron chi connectivity index (χ4n) is 3.44. The normalized spacial score (nSPS) is 10.9. The van der Waals surface area contributed by atoms with Gasteiger partial charge in [-0.3, -0.25) is 4.79 Å². The van der Waals surface area contributed by atoms with Crippen molar-refractivity contribution in [3.8, 4) is 17.1 Å². The summed E-state index contributed by atoms with van der Waals surface area (Å²) >= 11 is 1.41. The molecular formula is C24H26N6OS. The second-order valence-corrected chi connectivity index (χ2v) is 8.37. The van der Waals surface area contributed by atoms with Gasteiger partial charge in [-0.2, -0.15) is 5.10 Å². The Balaban J connectivity index is 1.27. The Labute approximate surface area is 191 Å². The highest BCUT2D eigenvalue weighted by Gasteiger charge is 2.14. The highest BCUT2D eigenvalue weighted by Crippen LogP contribution is 2.24. The molecule has 0 unspecified atom stereocenters. The van der Waals surface area contributed by atoms with E-state index in [2.05, 4.69) is 58.7 Å². The SMILES string of the molecule is CCn1c(SCC(=O)NCCc2ccc(-n3cccn3)cc2)nnc1-c1cccc(C)c1. The maximum Gasteiger partial charge on any atom is 0.230 e. The van der Waals surface area contributed by atoms with Crippen molar-refractivity contribution in [3.05, 3.63) is 78.1 Å². The minimum Gasteiger partial charge on any atom is -0.355 e. The van der Waals surface area contributed by atoms with Crippen LogP contribution in [0.4, 0.5) is 0 Å². The Morgan fingerprint density at radius 3 is 2.66 bits per heavy atom. The predicted molar refractivity (Wildman–Crippen MR) is 127 cm³/mol. The summed E-state index contributed by atoms with van der Waals surface area (Å²) in [6.07, 6.45) is 4.45. The van der Waals surface area contributed by atoms with Crippen LogP contribution in [0.3, 0.4) is 0 Å². The summed E-state index contributed by atoms with van der Waals surface area (Å²) in [6, 6.07) is 18.3.